The third kappa shape index (κ3) is 3.56. The van der Waals surface area contributed by atoms with E-state index in [1.54, 1.807) is 22.5 Å². The number of hydrogen-bond donors (Lipinski definition) is 1. The van der Waals surface area contributed by atoms with Crippen LogP contribution in [0.25, 0.3) is 0 Å². The molecule has 21 heavy (non-hydrogen) atoms. The average molecular weight is 312 g/mol. The largest absolute Gasteiger partial charge is 0.494 e. The van der Waals surface area contributed by atoms with E-state index in [1.165, 1.54) is 0 Å². The van der Waals surface area contributed by atoms with Gasteiger partial charge in [0.15, 0.2) is 0 Å². The molecule has 0 bridgehead atoms. The maximum Gasteiger partial charge on any atom is 0.243 e. The Morgan fingerprint density at radius 3 is 2.57 bits per heavy atom. The molecule has 118 valence electrons. The van der Waals surface area contributed by atoms with Crippen molar-refractivity contribution >= 4 is 10.0 Å². The zero-order chi connectivity index (χ0) is 15.5. The summed E-state index contributed by atoms with van der Waals surface area (Å²) in [5, 5.41) is 0. The number of nitrogens with zero attached hydrogens (tertiary/aromatic N) is 1. The minimum atomic E-state index is -3.43. The summed E-state index contributed by atoms with van der Waals surface area (Å²) in [6.45, 7) is 6.02. The first-order valence-corrected chi connectivity index (χ1v) is 8.89. The number of nitrogens with two attached hydrogens (primary N) is 1. The van der Waals surface area contributed by atoms with Crippen LogP contribution in [-0.2, 0) is 16.6 Å². The van der Waals surface area contributed by atoms with Crippen molar-refractivity contribution in [2.24, 2.45) is 11.7 Å². The average Bonchev–Trinajstić information content (AvgIpc) is 2.48. The summed E-state index contributed by atoms with van der Waals surface area (Å²) in [6, 6.07) is 4.95. The molecule has 5 nitrogen and oxygen atoms in total. The highest BCUT2D eigenvalue weighted by molar-refractivity contribution is 7.89. The summed E-state index contributed by atoms with van der Waals surface area (Å²) < 4.78 is 32.4. The van der Waals surface area contributed by atoms with E-state index in [9.17, 15) is 8.42 Å². The van der Waals surface area contributed by atoms with Crippen LogP contribution in [0.3, 0.4) is 0 Å². The van der Waals surface area contributed by atoms with Crippen LogP contribution in [0.15, 0.2) is 23.1 Å². The van der Waals surface area contributed by atoms with Crippen molar-refractivity contribution in [1.29, 1.82) is 0 Å². The van der Waals surface area contributed by atoms with Crippen LogP contribution >= 0.6 is 0 Å². The molecule has 1 aromatic rings. The maximum atomic E-state index is 12.7. The highest BCUT2D eigenvalue weighted by atomic mass is 32.2. The van der Waals surface area contributed by atoms with Gasteiger partial charge in [0.05, 0.1) is 11.5 Å². The van der Waals surface area contributed by atoms with Crippen LogP contribution in [-0.4, -0.2) is 32.4 Å². The molecule has 0 radical (unpaired) electrons. The quantitative estimate of drug-likeness (QED) is 0.902. The van der Waals surface area contributed by atoms with Crippen LogP contribution in [0.5, 0.6) is 5.75 Å². The van der Waals surface area contributed by atoms with E-state index in [4.69, 9.17) is 10.5 Å². The van der Waals surface area contributed by atoms with Gasteiger partial charge in [-0.05, 0) is 43.9 Å². The highest BCUT2D eigenvalue weighted by Gasteiger charge is 2.28. The fraction of sp³-hybridized carbons (Fsp3) is 0.600. The second-order valence-electron chi connectivity index (χ2n) is 5.49. The monoisotopic (exact) mass is 312 g/mol. The van der Waals surface area contributed by atoms with Crippen LogP contribution in [0.2, 0.25) is 0 Å². The van der Waals surface area contributed by atoms with Crippen LogP contribution < -0.4 is 10.5 Å². The maximum absolute atomic E-state index is 12.7. The van der Waals surface area contributed by atoms with Gasteiger partial charge in [0, 0.05) is 25.2 Å². The van der Waals surface area contributed by atoms with Gasteiger partial charge in [-0.2, -0.15) is 4.31 Å². The van der Waals surface area contributed by atoms with Crippen molar-refractivity contribution in [1.82, 2.24) is 4.31 Å². The van der Waals surface area contributed by atoms with Gasteiger partial charge in [-0.3, -0.25) is 0 Å². The standard InChI is InChI=1S/C15H24N2O3S/c1-3-20-15-5-4-14(10-13(15)11-16)21(18,19)17-8-6-12(2)7-9-17/h4-5,10,12H,3,6-9,11,16H2,1-2H3. The van der Waals surface area contributed by atoms with Crippen molar-refractivity contribution < 1.29 is 13.2 Å². The zero-order valence-corrected chi connectivity index (χ0v) is 13.5. The molecular weight excluding hydrogens is 288 g/mol. The second-order valence-corrected chi connectivity index (χ2v) is 7.43. The van der Waals surface area contributed by atoms with Gasteiger partial charge in [-0.15, -0.1) is 0 Å². The SMILES string of the molecule is CCOc1ccc(S(=O)(=O)N2CCC(C)CC2)cc1CN. The molecule has 0 amide bonds. The Hall–Kier alpha value is -1.11. The Morgan fingerprint density at radius 2 is 2.00 bits per heavy atom. The Morgan fingerprint density at radius 1 is 1.33 bits per heavy atom. The molecule has 6 heteroatoms. The number of sulfonamides is 1. The topological polar surface area (TPSA) is 72.6 Å². The lowest BCUT2D eigenvalue weighted by Crippen LogP contribution is -2.37. The molecule has 0 atom stereocenters. The van der Waals surface area contributed by atoms with Gasteiger partial charge in [0.25, 0.3) is 0 Å². The minimum absolute atomic E-state index is 0.260. The smallest absolute Gasteiger partial charge is 0.243 e. The minimum Gasteiger partial charge on any atom is -0.494 e. The molecule has 1 saturated heterocycles. The van der Waals surface area contributed by atoms with Crippen LogP contribution in [0.1, 0.15) is 32.3 Å². The molecule has 0 unspecified atom stereocenters. The lowest BCUT2D eigenvalue weighted by atomic mass is 10.0. The molecule has 1 aliphatic heterocycles. The van der Waals surface area contributed by atoms with Gasteiger partial charge in [-0.25, -0.2) is 8.42 Å². The van der Waals surface area contributed by atoms with Crippen molar-refractivity contribution in [2.75, 3.05) is 19.7 Å². The molecule has 1 fully saturated rings. The Kier molecular flexibility index (Phi) is 5.24. The first-order valence-electron chi connectivity index (χ1n) is 7.45. The molecule has 0 aliphatic carbocycles. The lowest BCUT2D eigenvalue weighted by Gasteiger charge is -2.29. The van der Waals surface area contributed by atoms with Crippen LogP contribution in [0.4, 0.5) is 0 Å². The summed E-state index contributed by atoms with van der Waals surface area (Å²) in [5.41, 5.74) is 6.43. The predicted octanol–water partition coefficient (Wildman–Crippen LogP) is 1.96. The molecule has 0 aromatic heterocycles. The number of ether oxygens (including phenoxy) is 1. The molecule has 2 N–H and O–H groups in total. The molecule has 0 spiro atoms. The summed E-state index contributed by atoms with van der Waals surface area (Å²) in [5.74, 6) is 1.25. The van der Waals surface area contributed by atoms with E-state index in [0.717, 1.165) is 18.4 Å². The van der Waals surface area contributed by atoms with Crippen molar-refractivity contribution in [3.63, 3.8) is 0 Å². The summed E-state index contributed by atoms with van der Waals surface area (Å²) in [6.07, 6.45) is 1.83. The van der Waals surface area contributed by atoms with E-state index in [2.05, 4.69) is 6.92 Å². The van der Waals surface area contributed by atoms with E-state index in [-0.39, 0.29) is 6.54 Å². The van der Waals surface area contributed by atoms with Crippen molar-refractivity contribution in [3.8, 4) is 5.75 Å². The van der Waals surface area contributed by atoms with E-state index < -0.39 is 10.0 Å². The number of rotatable bonds is 5. The van der Waals surface area contributed by atoms with E-state index >= 15 is 0 Å². The molecule has 1 aromatic carbocycles. The Labute approximate surface area is 127 Å². The number of piperidine rings is 1. The van der Waals surface area contributed by atoms with Crippen molar-refractivity contribution in [2.45, 2.75) is 38.1 Å². The Bertz CT molecular complexity index is 579. The van der Waals surface area contributed by atoms with Gasteiger partial charge >= 0.3 is 0 Å². The van der Waals surface area contributed by atoms with E-state index in [1.807, 2.05) is 6.92 Å². The van der Waals surface area contributed by atoms with Gasteiger partial charge in [0.1, 0.15) is 5.75 Å². The molecule has 1 heterocycles. The van der Waals surface area contributed by atoms with Gasteiger partial charge in [-0.1, -0.05) is 6.92 Å². The second kappa shape index (κ2) is 6.77. The fourth-order valence-electron chi connectivity index (χ4n) is 2.55. The predicted molar refractivity (Wildman–Crippen MR) is 82.7 cm³/mol. The van der Waals surface area contributed by atoms with E-state index in [0.29, 0.717) is 36.3 Å². The molecule has 0 saturated carbocycles. The normalized spacial score (nSPS) is 17.9. The zero-order valence-electron chi connectivity index (χ0n) is 12.7. The lowest BCUT2D eigenvalue weighted by molar-refractivity contribution is 0.288. The summed E-state index contributed by atoms with van der Waals surface area (Å²) >= 11 is 0. The number of benzene rings is 1. The van der Waals surface area contributed by atoms with Gasteiger partial charge < -0.3 is 10.5 Å². The number of hydrogen-bond acceptors (Lipinski definition) is 4. The third-order valence-corrected chi connectivity index (χ3v) is 5.83. The molecular formula is C15H24N2O3S. The molecule has 1 aliphatic rings. The fourth-order valence-corrected chi connectivity index (χ4v) is 4.07. The Balaban J connectivity index is 2.27. The summed E-state index contributed by atoms with van der Waals surface area (Å²) in [4.78, 5) is 0.306. The third-order valence-electron chi connectivity index (χ3n) is 3.93. The first kappa shape index (κ1) is 16.3. The van der Waals surface area contributed by atoms with Crippen LogP contribution in [0, 0.1) is 5.92 Å². The first-order chi connectivity index (χ1) is 9.98. The van der Waals surface area contributed by atoms with Gasteiger partial charge in [0.2, 0.25) is 10.0 Å². The van der Waals surface area contributed by atoms with Crippen molar-refractivity contribution in [3.05, 3.63) is 23.8 Å². The summed E-state index contributed by atoms with van der Waals surface area (Å²) in [7, 11) is -3.43. The highest BCUT2D eigenvalue weighted by Crippen LogP contribution is 2.27. The molecule has 2 rings (SSSR count).